The average Bonchev–Trinajstić information content (AvgIpc) is 3.09. The number of hydrogen-bond acceptors (Lipinski definition) is 4. The smallest absolute Gasteiger partial charge is 0.125 e. The second-order valence-corrected chi connectivity index (χ2v) is 5.49. The predicted octanol–water partition coefficient (Wildman–Crippen LogP) is 3.37. The Morgan fingerprint density at radius 1 is 1.35 bits per heavy atom. The van der Waals surface area contributed by atoms with Crippen molar-refractivity contribution < 1.29 is 14.7 Å². The molecule has 0 radical (unpaired) electrons. The van der Waals surface area contributed by atoms with Gasteiger partial charge in [0, 0.05) is 11.1 Å². The molecule has 0 amide bonds. The van der Waals surface area contributed by atoms with Gasteiger partial charge < -0.3 is 14.7 Å². The van der Waals surface area contributed by atoms with E-state index >= 15 is 0 Å². The van der Waals surface area contributed by atoms with E-state index in [9.17, 15) is 0 Å². The van der Waals surface area contributed by atoms with Crippen LogP contribution in [-0.2, 0) is 4.74 Å². The molecule has 1 N–H and O–H groups in total. The summed E-state index contributed by atoms with van der Waals surface area (Å²) in [7, 11) is 0. The summed E-state index contributed by atoms with van der Waals surface area (Å²) in [6, 6.07) is 2.06. The maximum absolute atomic E-state index is 8.75. The number of rotatable bonds is 6. The molecule has 0 aromatic heterocycles. The van der Waals surface area contributed by atoms with E-state index in [1.807, 2.05) is 20.8 Å². The Morgan fingerprint density at radius 2 is 2.05 bits per heavy atom. The fraction of sp³-hybridized carbons (Fsp3) is 0.562. The van der Waals surface area contributed by atoms with Crippen LogP contribution in [0.3, 0.4) is 0 Å². The number of ether oxygens (including phenoxy) is 2. The number of aryl methyl sites for hydroxylation is 2. The molecule has 1 aliphatic heterocycles. The van der Waals surface area contributed by atoms with Gasteiger partial charge in [0.05, 0.1) is 25.0 Å². The van der Waals surface area contributed by atoms with E-state index in [-0.39, 0.29) is 0 Å². The number of oxime groups is 1. The molecule has 1 heterocycles. The highest BCUT2D eigenvalue weighted by molar-refractivity contribution is 5.84. The van der Waals surface area contributed by atoms with Crippen LogP contribution >= 0.6 is 0 Å². The Morgan fingerprint density at radius 3 is 2.65 bits per heavy atom. The van der Waals surface area contributed by atoms with Crippen molar-refractivity contribution in [3.8, 4) is 5.75 Å². The fourth-order valence-corrected chi connectivity index (χ4v) is 2.65. The summed E-state index contributed by atoms with van der Waals surface area (Å²) in [6.45, 7) is 8.83. The lowest BCUT2D eigenvalue weighted by molar-refractivity contribution is 0.289. The maximum Gasteiger partial charge on any atom is 0.125 e. The molecule has 2 atom stereocenters. The van der Waals surface area contributed by atoms with E-state index < -0.39 is 0 Å². The minimum absolute atomic E-state index is 0.421. The Balaban J connectivity index is 2.00. The van der Waals surface area contributed by atoms with Crippen molar-refractivity contribution in [3.05, 3.63) is 28.3 Å². The molecule has 1 aromatic rings. The molecule has 0 saturated carbocycles. The lowest BCUT2D eigenvalue weighted by Crippen LogP contribution is -2.05. The van der Waals surface area contributed by atoms with Crippen LogP contribution in [0.2, 0.25) is 0 Å². The minimum Gasteiger partial charge on any atom is -0.493 e. The molecule has 0 bridgehead atoms. The second kappa shape index (κ2) is 6.27. The molecule has 110 valence electrons. The van der Waals surface area contributed by atoms with E-state index in [4.69, 9.17) is 14.7 Å². The summed E-state index contributed by atoms with van der Waals surface area (Å²) in [5.41, 5.74) is 4.15. The Kier molecular flexibility index (Phi) is 4.65. The number of nitrogens with zero attached hydrogens (tertiary/aromatic N) is 1. The van der Waals surface area contributed by atoms with Crippen LogP contribution in [0.1, 0.15) is 42.0 Å². The standard InChI is InChI=1S/C16H23NO3/c1-10-8-11(2)16(12(3)14(10)9-17-18)19-7-5-6-15-13(4)20-15/h8-9,13,15,18H,5-7H2,1-4H3. The van der Waals surface area contributed by atoms with Crippen molar-refractivity contribution in [1.82, 2.24) is 0 Å². The van der Waals surface area contributed by atoms with E-state index in [1.165, 1.54) is 6.21 Å². The highest BCUT2D eigenvalue weighted by Gasteiger charge is 2.33. The van der Waals surface area contributed by atoms with Crippen molar-refractivity contribution in [2.75, 3.05) is 6.61 Å². The first-order valence-corrected chi connectivity index (χ1v) is 7.11. The summed E-state index contributed by atoms with van der Waals surface area (Å²) in [6.07, 6.45) is 4.36. The van der Waals surface area contributed by atoms with Gasteiger partial charge >= 0.3 is 0 Å². The first-order chi connectivity index (χ1) is 9.54. The zero-order valence-electron chi connectivity index (χ0n) is 12.6. The monoisotopic (exact) mass is 277 g/mol. The van der Waals surface area contributed by atoms with Crippen LogP contribution in [0.4, 0.5) is 0 Å². The second-order valence-electron chi connectivity index (χ2n) is 5.49. The van der Waals surface area contributed by atoms with Gasteiger partial charge in [-0.2, -0.15) is 0 Å². The van der Waals surface area contributed by atoms with Gasteiger partial charge in [-0.15, -0.1) is 0 Å². The number of epoxide rings is 1. The van der Waals surface area contributed by atoms with Crippen molar-refractivity contribution in [3.63, 3.8) is 0 Å². The molecule has 1 aliphatic rings. The molecule has 4 heteroatoms. The molecular weight excluding hydrogens is 254 g/mol. The summed E-state index contributed by atoms with van der Waals surface area (Å²) >= 11 is 0. The van der Waals surface area contributed by atoms with E-state index in [1.54, 1.807) is 0 Å². The molecule has 1 saturated heterocycles. The van der Waals surface area contributed by atoms with E-state index in [2.05, 4.69) is 18.1 Å². The van der Waals surface area contributed by atoms with Gasteiger partial charge in [0.25, 0.3) is 0 Å². The lowest BCUT2D eigenvalue weighted by Gasteiger charge is -2.15. The van der Waals surface area contributed by atoms with Crippen LogP contribution in [0.25, 0.3) is 0 Å². The largest absolute Gasteiger partial charge is 0.493 e. The van der Waals surface area contributed by atoms with Gasteiger partial charge in [-0.05, 0) is 51.7 Å². The summed E-state index contributed by atoms with van der Waals surface area (Å²) < 4.78 is 11.3. The van der Waals surface area contributed by atoms with Crippen LogP contribution in [0.5, 0.6) is 5.75 Å². The van der Waals surface area contributed by atoms with E-state index in [0.29, 0.717) is 18.8 Å². The van der Waals surface area contributed by atoms with Crippen molar-refractivity contribution in [2.24, 2.45) is 5.16 Å². The molecule has 0 spiro atoms. The summed E-state index contributed by atoms with van der Waals surface area (Å²) in [5.74, 6) is 0.898. The van der Waals surface area contributed by atoms with Crippen LogP contribution in [-0.4, -0.2) is 30.2 Å². The highest BCUT2D eigenvalue weighted by atomic mass is 16.6. The normalized spacial score (nSPS) is 21.4. The topological polar surface area (TPSA) is 54.3 Å². The highest BCUT2D eigenvalue weighted by Crippen LogP contribution is 2.29. The molecule has 2 rings (SSSR count). The third-order valence-electron chi connectivity index (χ3n) is 3.86. The Bertz CT molecular complexity index is 511. The molecule has 1 fully saturated rings. The third kappa shape index (κ3) is 3.31. The molecule has 0 aliphatic carbocycles. The summed E-state index contributed by atoms with van der Waals surface area (Å²) in [5, 5.41) is 11.9. The van der Waals surface area contributed by atoms with Crippen molar-refractivity contribution in [1.29, 1.82) is 0 Å². The zero-order valence-corrected chi connectivity index (χ0v) is 12.6. The van der Waals surface area contributed by atoms with Gasteiger partial charge in [0.1, 0.15) is 5.75 Å². The Hall–Kier alpha value is -1.55. The lowest BCUT2D eigenvalue weighted by atomic mass is 9.99. The van der Waals surface area contributed by atoms with Gasteiger partial charge in [-0.1, -0.05) is 11.2 Å². The zero-order chi connectivity index (χ0) is 14.7. The summed E-state index contributed by atoms with van der Waals surface area (Å²) in [4.78, 5) is 0. The molecular formula is C16H23NO3. The van der Waals surface area contributed by atoms with Crippen LogP contribution < -0.4 is 4.74 Å². The molecule has 4 nitrogen and oxygen atoms in total. The fourth-order valence-electron chi connectivity index (χ4n) is 2.65. The molecule has 1 aromatic carbocycles. The van der Waals surface area contributed by atoms with Gasteiger partial charge in [0.15, 0.2) is 0 Å². The van der Waals surface area contributed by atoms with Crippen molar-refractivity contribution in [2.45, 2.75) is 52.7 Å². The first-order valence-electron chi connectivity index (χ1n) is 7.11. The molecule has 20 heavy (non-hydrogen) atoms. The van der Waals surface area contributed by atoms with E-state index in [0.717, 1.165) is 40.8 Å². The Labute approximate surface area is 120 Å². The third-order valence-corrected chi connectivity index (χ3v) is 3.86. The van der Waals surface area contributed by atoms with Gasteiger partial charge in [0.2, 0.25) is 0 Å². The first kappa shape index (κ1) is 14.9. The van der Waals surface area contributed by atoms with Crippen LogP contribution in [0, 0.1) is 20.8 Å². The van der Waals surface area contributed by atoms with Crippen molar-refractivity contribution >= 4 is 6.21 Å². The van der Waals surface area contributed by atoms with Gasteiger partial charge in [-0.25, -0.2) is 0 Å². The molecule has 2 unspecified atom stereocenters. The van der Waals surface area contributed by atoms with Gasteiger partial charge in [-0.3, -0.25) is 0 Å². The van der Waals surface area contributed by atoms with Crippen LogP contribution in [0.15, 0.2) is 11.2 Å². The maximum atomic E-state index is 8.75. The average molecular weight is 277 g/mol. The quantitative estimate of drug-likeness (QED) is 0.285. The number of benzene rings is 1. The minimum atomic E-state index is 0.421. The number of hydrogen-bond donors (Lipinski definition) is 1. The SMILES string of the molecule is Cc1cc(C)c(OCCCC2OC2C)c(C)c1C=NO. The predicted molar refractivity (Wildman–Crippen MR) is 79.1 cm³/mol.